The molecule has 2 fully saturated rings. The molecule has 2 aliphatic heterocycles. The van der Waals surface area contributed by atoms with Crippen molar-refractivity contribution < 1.29 is 23.5 Å². The molecule has 11 heteroatoms. The highest BCUT2D eigenvalue weighted by Gasteiger charge is 2.42. The van der Waals surface area contributed by atoms with Crippen molar-refractivity contribution >= 4 is 41.1 Å². The van der Waals surface area contributed by atoms with E-state index in [0.717, 1.165) is 0 Å². The SMILES string of the molecule is O=C([C@@H]1C[C@H](S)CN1C(=O)OCc1ccc([N+](=O)[O-])cc1)N1CCS(=O)C1. The standard InChI is InChI=1S/C16H19N3O6S2/c20-15(17-5-6-27(24)10-17)14-7-13(26)8-18(14)16(21)25-9-11-1-3-12(4-2-11)19(22)23/h1-4,13-14,26H,5-10H2/t13-,14-,27?/m0/s1. The summed E-state index contributed by atoms with van der Waals surface area (Å²) in [5, 5.41) is 10.5. The quantitative estimate of drug-likeness (QED) is 0.450. The molecular formula is C16H19N3O6S2. The minimum Gasteiger partial charge on any atom is -0.445 e. The van der Waals surface area contributed by atoms with Crippen LogP contribution in [0.2, 0.25) is 0 Å². The topological polar surface area (TPSA) is 110 Å². The number of thiol groups is 1. The zero-order valence-electron chi connectivity index (χ0n) is 14.4. The van der Waals surface area contributed by atoms with Crippen molar-refractivity contribution in [3.05, 3.63) is 39.9 Å². The van der Waals surface area contributed by atoms with Gasteiger partial charge in [-0.15, -0.1) is 0 Å². The van der Waals surface area contributed by atoms with E-state index in [2.05, 4.69) is 12.6 Å². The lowest BCUT2D eigenvalue weighted by atomic mass is 10.2. The predicted octanol–water partition coefficient (Wildman–Crippen LogP) is 1.15. The molecule has 2 aliphatic rings. The van der Waals surface area contributed by atoms with Gasteiger partial charge in [-0.3, -0.25) is 24.0 Å². The van der Waals surface area contributed by atoms with Crippen molar-refractivity contribution in [3.8, 4) is 0 Å². The summed E-state index contributed by atoms with van der Waals surface area (Å²) in [5.74, 6) is 0.413. The first-order valence-corrected chi connectivity index (χ1v) is 10.3. The number of hydrogen-bond acceptors (Lipinski definition) is 7. The van der Waals surface area contributed by atoms with Gasteiger partial charge in [-0.2, -0.15) is 12.6 Å². The number of likely N-dealkylation sites (tertiary alicyclic amines) is 1. The van der Waals surface area contributed by atoms with Gasteiger partial charge >= 0.3 is 6.09 Å². The van der Waals surface area contributed by atoms with Gasteiger partial charge in [-0.25, -0.2) is 4.79 Å². The molecule has 0 bridgehead atoms. The fraction of sp³-hybridized carbons (Fsp3) is 0.500. The molecule has 2 saturated heterocycles. The number of rotatable bonds is 4. The van der Waals surface area contributed by atoms with Crippen LogP contribution in [0.4, 0.5) is 10.5 Å². The van der Waals surface area contributed by atoms with Crippen LogP contribution in [0.25, 0.3) is 0 Å². The number of hydrogen-bond donors (Lipinski definition) is 1. The molecule has 1 aromatic rings. The van der Waals surface area contributed by atoms with Crippen LogP contribution < -0.4 is 0 Å². The number of benzene rings is 1. The van der Waals surface area contributed by atoms with Crippen molar-refractivity contribution in [1.29, 1.82) is 0 Å². The lowest BCUT2D eigenvalue weighted by Crippen LogP contribution is -2.47. The second-order valence-corrected chi connectivity index (χ2v) is 8.69. The molecule has 0 spiro atoms. The van der Waals surface area contributed by atoms with Crippen LogP contribution >= 0.6 is 12.6 Å². The summed E-state index contributed by atoms with van der Waals surface area (Å²) in [6.45, 7) is 0.652. The Balaban J connectivity index is 1.61. The van der Waals surface area contributed by atoms with Gasteiger partial charge in [-0.1, -0.05) is 0 Å². The molecule has 0 radical (unpaired) electrons. The van der Waals surface area contributed by atoms with Gasteiger partial charge in [0.2, 0.25) is 5.91 Å². The average Bonchev–Trinajstić information content (AvgIpc) is 3.25. The van der Waals surface area contributed by atoms with Crippen LogP contribution in [-0.2, 0) is 26.9 Å². The van der Waals surface area contributed by atoms with E-state index < -0.39 is 27.9 Å². The molecule has 0 N–H and O–H groups in total. The Kier molecular flexibility index (Phi) is 6.00. The maximum atomic E-state index is 12.7. The van der Waals surface area contributed by atoms with Crippen LogP contribution in [0.15, 0.2) is 24.3 Å². The fourth-order valence-corrected chi connectivity index (χ4v) is 4.62. The van der Waals surface area contributed by atoms with Crippen molar-refractivity contribution in [2.45, 2.75) is 24.3 Å². The van der Waals surface area contributed by atoms with Gasteiger partial charge < -0.3 is 9.64 Å². The molecule has 1 aromatic carbocycles. The summed E-state index contributed by atoms with van der Waals surface area (Å²) in [7, 11) is -1.03. The van der Waals surface area contributed by atoms with Crippen molar-refractivity contribution in [2.75, 3.05) is 24.7 Å². The highest BCUT2D eigenvalue weighted by molar-refractivity contribution is 7.85. The van der Waals surface area contributed by atoms with E-state index in [0.29, 0.717) is 24.3 Å². The number of ether oxygens (including phenoxy) is 1. The van der Waals surface area contributed by atoms with Gasteiger partial charge in [-0.05, 0) is 24.1 Å². The first kappa shape index (κ1) is 19.6. The van der Waals surface area contributed by atoms with E-state index in [9.17, 15) is 23.9 Å². The number of nitro benzene ring substituents is 1. The van der Waals surface area contributed by atoms with E-state index in [1.807, 2.05) is 0 Å². The van der Waals surface area contributed by atoms with E-state index in [1.54, 1.807) is 0 Å². The fourth-order valence-electron chi connectivity index (χ4n) is 3.09. The second-order valence-electron chi connectivity index (χ2n) is 6.41. The Hall–Kier alpha value is -2.14. The normalized spacial score (nSPS) is 24.9. The Morgan fingerprint density at radius 2 is 2.04 bits per heavy atom. The molecule has 3 atom stereocenters. The highest BCUT2D eigenvalue weighted by atomic mass is 32.2. The van der Waals surface area contributed by atoms with Gasteiger partial charge in [0.1, 0.15) is 12.6 Å². The number of amides is 2. The molecule has 1 unspecified atom stereocenters. The molecule has 27 heavy (non-hydrogen) atoms. The monoisotopic (exact) mass is 413 g/mol. The Morgan fingerprint density at radius 1 is 1.33 bits per heavy atom. The first-order chi connectivity index (χ1) is 12.8. The first-order valence-electron chi connectivity index (χ1n) is 8.33. The average molecular weight is 413 g/mol. The van der Waals surface area contributed by atoms with Gasteiger partial charge in [0.05, 0.1) is 10.8 Å². The summed E-state index contributed by atoms with van der Waals surface area (Å²) < 4.78 is 16.8. The van der Waals surface area contributed by atoms with Crippen LogP contribution in [0.5, 0.6) is 0 Å². The molecule has 0 aromatic heterocycles. The largest absolute Gasteiger partial charge is 0.445 e. The zero-order valence-corrected chi connectivity index (χ0v) is 16.1. The molecule has 3 rings (SSSR count). The number of carbonyl (C=O) groups excluding carboxylic acids is 2. The van der Waals surface area contributed by atoms with Crippen LogP contribution in [0.1, 0.15) is 12.0 Å². The maximum absolute atomic E-state index is 12.7. The molecular weight excluding hydrogens is 394 g/mol. The number of nitrogens with zero attached hydrogens (tertiary/aromatic N) is 3. The summed E-state index contributed by atoms with van der Waals surface area (Å²) in [4.78, 5) is 38.2. The summed E-state index contributed by atoms with van der Waals surface area (Å²) in [6.07, 6.45) is -0.221. The summed E-state index contributed by atoms with van der Waals surface area (Å²) in [6, 6.07) is 5.02. The van der Waals surface area contributed by atoms with Crippen LogP contribution in [0.3, 0.4) is 0 Å². The van der Waals surface area contributed by atoms with E-state index in [4.69, 9.17) is 4.74 Å². The lowest BCUT2D eigenvalue weighted by molar-refractivity contribution is -0.384. The van der Waals surface area contributed by atoms with Crippen LogP contribution in [-0.4, -0.2) is 66.9 Å². The smallest absolute Gasteiger partial charge is 0.410 e. The van der Waals surface area contributed by atoms with Gasteiger partial charge in [0.15, 0.2) is 0 Å². The Labute approximate surface area is 163 Å². The van der Waals surface area contributed by atoms with Crippen molar-refractivity contribution in [2.24, 2.45) is 0 Å². The number of carbonyl (C=O) groups is 2. The molecule has 9 nitrogen and oxygen atoms in total. The van der Waals surface area contributed by atoms with Crippen molar-refractivity contribution in [3.63, 3.8) is 0 Å². The molecule has 146 valence electrons. The minimum atomic E-state index is -1.03. The van der Waals surface area contributed by atoms with Crippen molar-refractivity contribution in [1.82, 2.24) is 9.80 Å². The van der Waals surface area contributed by atoms with Crippen LogP contribution in [0, 0.1) is 10.1 Å². The summed E-state index contributed by atoms with van der Waals surface area (Å²) >= 11 is 4.38. The third-order valence-corrected chi connectivity index (χ3v) is 6.12. The number of nitro groups is 1. The van der Waals surface area contributed by atoms with Gasteiger partial charge in [0, 0.05) is 47.0 Å². The van der Waals surface area contributed by atoms with E-state index in [1.165, 1.54) is 34.1 Å². The maximum Gasteiger partial charge on any atom is 0.410 e. The number of non-ortho nitro benzene ring substituents is 1. The zero-order chi connectivity index (χ0) is 19.6. The van der Waals surface area contributed by atoms with E-state index >= 15 is 0 Å². The third-order valence-electron chi connectivity index (χ3n) is 4.51. The molecule has 2 amide bonds. The molecule has 0 saturated carbocycles. The minimum absolute atomic E-state index is 0.0452. The second kappa shape index (κ2) is 8.26. The lowest BCUT2D eigenvalue weighted by Gasteiger charge is -2.26. The molecule has 2 heterocycles. The van der Waals surface area contributed by atoms with E-state index in [-0.39, 0.29) is 35.9 Å². The third kappa shape index (κ3) is 4.59. The summed E-state index contributed by atoms with van der Waals surface area (Å²) in [5.41, 5.74) is 0.560. The molecule has 0 aliphatic carbocycles. The van der Waals surface area contributed by atoms with Gasteiger partial charge in [0.25, 0.3) is 5.69 Å². The Morgan fingerprint density at radius 3 is 2.63 bits per heavy atom. The Bertz CT molecular complexity index is 772. The highest BCUT2D eigenvalue weighted by Crippen LogP contribution is 2.25. The predicted molar refractivity (Wildman–Crippen MR) is 101 cm³/mol.